The molecule has 1 aliphatic heterocycles. The zero-order chi connectivity index (χ0) is 19.7. The molecule has 1 fully saturated rings. The molecule has 0 spiro atoms. The van der Waals surface area contributed by atoms with E-state index in [1.807, 2.05) is 31.2 Å². The first-order valence-electron chi connectivity index (χ1n) is 9.46. The number of anilines is 1. The van der Waals surface area contributed by atoms with Crippen LogP contribution in [0, 0.1) is 17.0 Å². The predicted octanol–water partition coefficient (Wildman–Crippen LogP) is 1.97. The van der Waals surface area contributed by atoms with Crippen LogP contribution in [0.15, 0.2) is 48.5 Å². The molecular formula is C21H23N4O3+. The maximum absolute atomic E-state index is 12.9. The summed E-state index contributed by atoms with van der Waals surface area (Å²) in [6.07, 6.45) is 0. The summed E-state index contributed by atoms with van der Waals surface area (Å²) in [4.78, 5) is 30.1. The molecular weight excluding hydrogens is 356 g/mol. The van der Waals surface area contributed by atoms with E-state index in [-0.39, 0.29) is 16.4 Å². The summed E-state index contributed by atoms with van der Waals surface area (Å²) in [7, 11) is 0. The third kappa shape index (κ3) is 3.48. The van der Waals surface area contributed by atoms with Gasteiger partial charge >= 0.3 is 0 Å². The van der Waals surface area contributed by atoms with E-state index in [1.54, 1.807) is 12.1 Å². The number of para-hydroxylation sites is 1. The largest absolute Gasteiger partial charge is 0.360 e. The molecule has 0 atom stereocenters. The predicted molar refractivity (Wildman–Crippen MR) is 108 cm³/mol. The number of benzene rings is 2. The quantitative estimate of drug-likeness (QED) is 0.403. The van der Waals surface area contributed by atoms with Gasteiger partial charge in [-0.1, -0.05) is 18.2 Å². The van der Waals surface area contributed by atoms with Crippen LogP contribution in [-0.2, 0) is 0 Å². The monoisotopic (exact) mass is 379 g/mol. The minimum absolute atomic E-state index is 0.104. The van der Waals surface area contributed by atoms with Crippen molar-refractivity contribution < 1.29 is 14.6 Å². The topological polar surface area (TPSA) is 83.7 Å². The number of hydrogen-bond donors (Lipinski definition) is 2. The van der Waals surface area contributed by atoms with Crippen molar-refractivity contribution in [3.05, 3.63) is 69.9 Å². The summed E-state index contributed by atoms with van der Waals surface area (Å²) in [5.74, 6) is 0.175. The lowest BCUT2D eigenvalue weighted by Crippen LogP contribution is -3.15. The third-order valence-electron chi connectivity index (χ3n) is 5.48. The number of rotatable bonds is 5. The van der Waals surface area contributed by atoms with Gasteiger partial charge in [-0.3, -0.25) is 14.9 Å². The lowest BCUT2D eigenvalue weighted by atomic mass is 10.1. The highest BCUT2D eigenvalue weighted by atomic mass is 16.6. The van der Waals surface area contributed by atoms with Crippen LogP contribution >= 0.6 is 0 Å². The Morgan fingerprint density at radius 1 is 1.14 bits per heavy atom. The van der Waals surface area contributed by atoms with Gasteiger partial charge in [-0.2, -0.15) is 0 Å². The van der Waals surface area contributed by atoms with Gasteiger partial charge in [0.1, 0.15) is 6.54 Å². The molecule has 0 aliphatic carbocycles. The standard InChI is InChI=1S/C21H22N4O3/c1-15-21(18-4-2-3-5-19(18)22-15)20(26)14-23-10-12-24(13-11-23)16-6-8-17(9-7-16)25(27)28/h2-9,22H,10-14H2,1H3/p+1. The van der Waals surface area contributed by atoms with Crippen LogP contribution in [0.4, 0.5) is 11.4 Å². The number of hydrogen-bond acceptors (Lipinski definition) is 4. The SMILES string of the molecule is Cc1[nH]c2ccccc2c1C(=O)C[NH+]1CCN(c2ccc([N+](=O)[O-])cc2)CC1. The van der Waals surface area contributed by atoms with Crippen LogP contribution < -0.4 is 9.80 Å². The number of Topliss-reactive ketones (excluding diaryl/α,β-unsaturated/α-hetero) is 1. The molecule has 0 bridgehead atoms. The number of nitrogens with zero attached hydrogens (tertiary/aromatic N) is 2. The smallest absolute Gasteiger partial charge is 0.269 e. The van der Waals surface area contributed by atoms with Gasteiger partial charge in [0.15, 0.2) is 0 Å². The number of carbonyl (C=O) groups excluding carboxylic acids is 1. The molecule has 4 rings (SSSR count). The zero-order valence-electron chi connectivity index (χ0n) is 15.8. The number of non-ortho nitro benzene ring substituents is 1. The molecule has 1 aliphatic rings. The maximum atomic E-state index is 12.9. The molecule has 28 heavy (non-hydrogen) atoms. The summed E-state index contributed by atoms with van der Waals surface area (Å²) in [6.45, 7) is 5.82. The third-order valence-corrected chi connectivity index (χ3v) is 5.48. The first-order valence-corrected chi connectivity index (χ1v) is 9.46. The summed E-state index contributed by atoms with van der Waals surface area (Å²) in [5.41, 5.74) is 3.83. The maximum Gasteiger partial charge on any atom is 0.269 e. The van der Waals surface area contributed by atoms with Gasteiger partial charge in [0, 0.05) is 34.4 Å². The first kappa shape index (κ1) is 18.2. The van der Waals surface area contributed by atoms with Gasteiger partial charge in [0.05, 0.1) is 36.7 Å². The van der Waals surface area contributed by atoms with Crippen molar-refractivity contribution in [1.29, 1.82) is 0 Å². The molecule has 2 N–H and O–H groups in total. The van der Waals surface area contributed by atoms with Crippen molar-refractivity contribution in [2.24, 2.45) is 0 Å². The Labute approximate surface area is 162 Å². The van der Waals surface area contributed by atoms with Gasteiger partial charge < -0.3 is 14.8 Å². The molecule has 1 saturated heterocycles. The number of piperazine rings is 1. The zero-order valence-corrected chi connectivity index (χ0v) is 15.8. The number of aromatic amines is 1. The molecule has 0 saturated carbocycles. The Bertz CT molecular complexity index is 1020. The normalized spacial score (nSPS) is 15.1. The van der Waals surface area contributed by atoms with Gasteiger partial charge in [0.2, 0.25) is 5.78 Å². The van der Waals surface area contributed by atoms with Crippen LogP contribution in [0.1, 0.15) is 16.1 Å². The summed E-state index contributed by atoms with van der Waals surface area (Å²) < 4.78 is 0. The summed E-state index contributed by atoms with van der Waals surface area (Å²) in [6, 6.07) is 14.6. The molecule has 144 valence electrons. The highest BCUT2D eigenvalue weighted by Crippen LogP contribution is 2.22. The molecule has 0 radical (unpaired) electrons. The molecule has 2 aromatic carbocycles. The van der Waals surface area contributed by atoms with Gasteiger partial charge in [0.25, 0.3) is 5.69 Å². The number of nitro benzene ring substituents is 1. The van der Waals surface area contributed by atoms with Crippen LogP contribution in [-0.4, -0.2) is 48.4 Å². The van der Waals surface area contributed by atoms with E-state index in [9.17, 15) is 14.9 Å². The van der Waals surface area contributed by atoms with E-state index < -0.39 is 0 Å². The van der Waals surface area contributed by atoms with E-state index in [2.05, 4.69) is 9.88 Å². The van der Waals surface area contributed by atoms with Crippen LogP contribution in [0.5, 0.6) is 0 Å². The van der Waals surface area contributed by atoms with Crippen LogP contribution in [0.3, 0.4) is 0 Å². The number of aromatic nitrogens is 1. The van der Waals surface area contributed by atoms with Crippen LogP contribution in [0.2, 0.25) is 0 Å². The van der Waals surface area contributed by atoms with Crippen molar-refractivity contribution in [1.82, 2.24) is 4.98 Å². The summed E-state index contributed by atoms with van der Waals surface area (Å²) >= 11 is 0. The van der Waals surface area contributed by atoms with Crippen molar-refractivity contribution in [2.45, 2.75) is 6.92 Å². The Morgan fingerprint density at radius 3 is 2.50 bits per heavy atom. The molecule has 2 heterocycles. The number of fused-ring (bicyclic) bond motifs is 1. The minimum atomic E-state index is -0.385. The van der Waals surface area contributed by atoms with Crippen molar-refractivity contribution in [2.75, 3.05) is 37.6 Å². The Morgan fingerprint density at radius 2 is 1.82 bits per heavy atom. The van der Waals surface area contributed by atoms with Gasteiger partial charge in [-0.25, -0.2) is 0 Å². The second-order valence-electron chi connectivity index (χ2n) is 7.28. The molecule has 7 nitrogen and oxygen atoms in total. The number of nitrogens with one attached hydrogen (secondary N) is 2. The van der Waals surface area contributed by atoms with E-state index in [0.717, 1.165) is 54.0 Å². The van der Waals surface area contributed by atoms with Crippen LogP contribution in [0.25, 0.3) is 10.9 Å². The van der Waals surface area contributed by atoms with Crippen molar-refractivity contribution in [3.8, 4) is 0 Å². The van der Waals surface area contributed by atoms with Crippen molar-refractivity contribution in [3.63, 3.8) is 0 Å². The fourth-order valence-electron chi connectivity index (χ4n) is 3.99. The minimum Gasteiger partial charge on any atom is -0.360 e. The van der Waals surface area contributed by atoms with E-state index in [0.29, 0.717) is 6.54 Å². The van der Waals surface area contributed by atoms with Crippen molar-refractivity contribution >= 4 is 28.1 Å². The Kier molecular flexibility index (Phi) is 4.83. The fraction of sp³-hybridized carbons (Fsp3) is 0.286. The summed E-state index contributed by atoms with van der Waals surface area (Å²) in [5, 5.41) is 11.8. The first-order chi connectivity index (χ1) is 13.5. The van der Waals surface area contributed by atoms with E-state index in [1.165, 1.54) is 17.0 Å². The number of ketones is 1. The van der Waals surface area contributed by atoms with E-state index in [4.69, 9.17) is 0 Å². The van der Waals surface area contributed by atoms with Gasteiger partial charge in [-0.15, -0.1) is 0 Å². The molecule has 7 heteroatoms. The number of H-pyrrole nitrogens is 1. The number of quaternary nitrogens is 1. The lowest BCUT2D eigenvalue weighted by Gasteiger charge is -2.33. The average Bonchev–Trinajstić information content (AvgIpc) is 3.04. The number of aryl methyl sites for hydroxylation is 1. The Balaban J connectivity index is 1.39. The fourth-order valence-corrected chi connectivity index (χ4v) is 3.99. The highest BCUT2D eigenvalue weighted by molar-refractivity contribution is 6.09. The molecule has 0 amide bonds. The molecule has 1 aromatic heterocycles. The lowest BCUT2D eigenvalue weighted by molar-refractivity contribution is -0.892. The van der Waals surface area contributed by atoms with E-state index >= 15 is 0 Å². The van der Waals surface area contributed by atoms with Gasteiger partial charge in [-0.05, 0) is 25.1 Å². The molecule has 0 unspecified atom stereocenters. The Hall–Kier alpha value is -3.19. The molecule has 3 aromatic rings. The average molecular weight is 379 g/mol. The number of carbonyl (C=O) groups is 1. The second kappa shape index (κ2) is 7.44. The number of nitro groups is 1. The second-order valence-corrected chi connectivity index (χ2v) is 7.28. The highest BCUT2D eigenvalue weighted by Gasteiger charge is 2.25.